The van der Waals surface area contributed by atoms with Gasteiger partial charge in [-0.05, 0) is 30.0 Å². The van der Waals surface area contributed by atoms with Gasteiger partial charge in [0, 0.05) is 9.40 Å². The Balaban J connectivity index is 1.72. The summed E-state index contributed by atoms with van der Waals surface area (Å²) in [7, 11) is 0. The van der Waals surface area contributed by atoms with E-state index in [0.29, 0.717) is 12.5 Å². The smallest absolute Gasteiger partial charge is 0.208 e. The van der Waals surface area contributed by atoms with Crippen LogP contribution in [0.1, 0.15) is 19.7 Å². The first-order valence-electron chi connectivity index (χ1n) is 6.35. The third-order valence-corrected chi connectivity index (χ3v) is 4.87. The highest BCUT2D eigenvalue weighted by Gasteiger charge is 2.10. The molecule has 0 spiro atoms. The van der Waals surface area contributed by atoms with Gasteiger partial charge in [0.05, 0.1) is 17.6 Å². The number of hydrogen-bond donors (Lipinski definition) is 1. The molecule has 19 heavy (non-hydrogen) atoms. The molecule has 3 heterocycles. The lowest BCUT2D eigenvalue weighted by Gasteiger charge is -2.04. The van der Waals surface area contributed by atoms with E-state index in [-0.39, 0.29) is 0 Å². The van der Waals surface area contributed by atoms with E-state index in [1.165, 1.54) is 9.40 Å². The SMILES string of the molecule is CC(C)CNCc1ncc(-c2cc3sccc3s2)o1. The molecule has 0 unspecified atom stereocenters. The Hall–Kier alpha value is -1.17. The molecule has 0 bridgehead atoms. The highest BCUT2D eigenvalue weighted by Crippen LogP contribution is 2.36. The molecule has 0 aliphatic carbocycles. The molecular weight excluding hydrogens is 276 g/mol. The van der Waals surface area contributed by atoms with Crippen molar-refractivity contribution in [2.45, 2.75) is 20.4 Å². The highest BCUT2D eigenvalue weighted by molar-refractivity contribution is 7.28. The number of nitrogens with one attached hydrogen (secondary N) is 1. The topological polar surface area (TPSA) is 38.1 Å². The van der Waals surface area contributed by atoms with Crippen LogP contribution in [0.2, 0.25) is 0 Å². The maximum Gasteiger partial charge on any atom is 0.208 e. The molecule has 100 valence electrons. The van der Waals surface area contributed by atoms with Gasteiger partial charge in [0.1, 0.15) is 0 Å². The van der Waals surface area contributed by atoms with Crippen molar-refractivity contribution in [2.24, 2.45) is 5.92 Å². The molecular formula is C14H16N2OS2. The Kier molecular flexibility index (Phi) is 3.68. The molecule has 3 rings (SSSR count). The highest BCUT2D eigenvalue weighted by atomic mass is 32.1. The number of fused-ring (bicyclic) bond motifs is 1. The van der Waals surface area contributed by atoms with Gasteiger partial charge in [0.2, 0.25) is 5.89 Å². The van der Waals surface area contributed by atoms with Crippen LogP contribution < -0.4 is 5.32 Å². The van der Waals surface area contributed by atoms with Gasteiger partial charge in [0.15, 0.2) is 5.76 Å². The van der Waals surface area contributed by atoms with Crippen molar-refractivity contribution < 1.29 is 4.42 Å². The number of aromatic nitrogens is 1. The van der Waals surface area contributed by atoms with Crippen molar-refractivity contribution >= 4 is 32.1 Å². The third-order valence-electron chi connectivity index (χ3n) is 2.76. The summed E-state index contributed by atoms with van der Waals surface area (Å²) in [5.74, 6) is 2.26. The van der Waals surface area contributed by atoms with Gasteiger partial charge in [-0.1, -0.05) is 13.8 Å². The van der Waals surface area contributed by atoms with Gasteiger partial charge in [-0.3, -0.25) is 0 Å². The first-order valence-corrected chi connectivity index (χ1v) is 8.05. The Morgan fingerprint density at radius 3 is 3.05 bits per heavy atom. The van der Waals surface area contributed by atoms with E-state index in [2.05, 4.69) is 41.7 Å². The molecule has 0 atom stereocenters. The summed E-state index contributed by atoms with van der Waals surface area (Å²) in [6.45, 7) is 6.04. The molecule has 0 saturated carbocycles. The van der Waals surface area contributed by atoms with Gasteiger partial charge in [-0.15, -0.1) is 22.7 Å². The van der Waals surface area contributed by atoms with Crippen LogP contribution in [0.25, 0.3) is 20.0 Å². The van der Waals surface area contributed by atoms with Crippen molar-refractivity contribution in [1.82, 2.24) is 10.3 Å². The Labute approximate surface area is 120 Å². The lowest BCUT2D eigenvalue weighted by molar-refractivity contribution is 0.459. The van der Waals surface area contributed by atoms with Crippen LogP contribution in [0.3, 0.4) is 0 Å². The summed E-state index contributed by atoms with van der Waals surface area (Å²) in [6, 6.07) is 4.33. The van der Waals surface area contributed by atoms with Crippen LogP contribution in [0.4, 0.5) is 0 Å². The molecule has 3 nitrogen and oxygen atoms in total. The summed E-state index contributed by atoms with van der Waals surface area (Å²) in [6.07, 6.45) is 1.82. The summed E-state index contributed by atoms with van der Waals surface area (Å²) >= 11 is 3.52. The average molecular weight is 292 g/mol. The van der Waals surface area contributed by atoms with Crippen LogP contribution in [0, 0.1) is 5.92 Å². The minimum Gasteiger partial charge on any atom is -0.438 e. The lowest BCUT2D eigenvalue weighted by Crippen LogP contribution is -2.18. The fourth-order valence-electron chi connectivity index (χ4n) is 1.86. The molecule has 0 radical (unpaired) electrons. The van der Waals surface area contributed by atoms with Crippen LogP contribution in [0.15, 0.2) is 28.1 Å². The normalized spacial score (nSPS) is 11.7. The second kappa shape index (κ2) is 5.45. The Morgan fingerprint density at radius 2 is 2.26 bits per heavy atom. The number of hydrogen-bond acceptors (Lipinski definition) is 5. The second-order valence-electron chi connectivity index (χ2n) is 4.90. The minimum atomic E-state index is 0.638. The first kappa shape index (κ1) is 12.8. The molecule has 0 aliphatic heterocycles. The summed E-state index contributed by atoms with van der Waals surface area (Å²) in [4.78, 5) is 5.48. The average Bonchev–Trinajstić information content (AvgIpc) is 3.01. The predicted molar refractivity (Wildman–Crippen MR) is 81.7 cm³/mol. The fraction of sp³-hybridized carbons (Fsp3) is 0.357. The monoisotopic (exact) mass is 292 g/mol. The fourth-order valence-corrected chi connectivity index (χ4v) is 3.92. The molecule has 3 aromatic rings. The molecule has 0 aliphatic rings. The van der Waals surface area contributed by atoms with Crippen LogP contribution in [0.5, 0.6) is 0 Å². The number of nitrogens with zero attached hydrogens (tertiary/aromatic N) is 1. The molecule has 0 fully saturated rings. The van der Waals surface area contributed by atoms with Gasteiger partial charge < -0.3 is 9.73 Å². The van der Waals surface area contributed by atoms with E-state index < -0.39 is 0 Å². The summed E-state index contributed by atoms with van der Waals surface area (Å²) in [5, 5.41) is 5.45. The standard InChI is InChI=1S/C14H16N2OS2/c1-9(2)6-15-8-14-16-7-10(17-14)12-5-13-11(19-12)3-4-18-13/h3-5,7,9,15H,6,8H2,1-2H3. The first-order chi connectivity index (χ1) is 9.22. The molecule has 5 heteroatoms. The van der Waals surface area contributed by atoms with E-state index in [9.17, 15) is 0 Å². The summed E-state index contributed by atoms with van der Waals surface area (Å²) < 4.78 is 8.42. The molecule has 0 aromatic carbocycles. The maximum atomic E-state index is 5.79. The van der Waals surface area contributed by atoms with Crippen molar-refractivity contribution in [3.8, 4) is 10.6 Å². The molecule has 1 N–H and O–H groups in total. The molecule has 0 amide bonds. The van der Waals surface area contributed by atoms with Crippen molar-refractivity contribution in [3.05, 3.63) is 29.6 Å². The quantitative estimate of drug-likeness (QED) is 0.759. The summed E-state index contributed by atoms with van der Waals surface area (Å²) in [5.41, 5.74) is 0. The zero-order chi connectivity index (χ0) is 13.2. The zero-order valence-corrected chi connectivity index (χ0v) is 12.6. The van der Waals surface area contributed by atoms with E-state index >= 15 is 0 Å². The molecule has 3 aromatic heterocycles. The lowest BCUT2D eigenvalue weighted by atomic mass is 10.2. The van der Waals surface area contributed by atoms with Crippen molar-refractivity contribution in [3.63, 3.8) is 0 Å². The number of rotatable bonds is 5. The number of oxazole rings is 1. The van der Waals surface area contributed by atoms with Crippen molar-refractivity contribution in [2.75, 3.05) is 6.54 Å². The van der Waals surface area contributed by atoms with E-state index in [4.69, 9.17) is 4.42 Å². The van der Waals surface area contributed by atoms with Crippen LogP contribution in [-0.2, 0) is 6.54 Å². The maximum absolute atomic E-state index is 5.79. The van der Waals surface area contributed by atoms with Gasteiger partial charge >= 0.3 is 0 Å². The van der Waals surface area contributed by atoms with E-state index in [1.54, 1.807) is 22.7 Å². The predicted octanol–water partition coefficient (Wildman–Crippen LogP) is 4.36. The van der Waals surface area contributed by atoms with Crippen LogP contribution in [-0.4, -0.2) is 11.5 Å². The number of thiophene rings is 2. The Morgan fingerprint density at radius 1 is 1.37 bits per heavy atom. The zero-order valence-electron chi connectivity index (χ0n) is 11.0. The Bertz CT molecular complexity index is 637. The van der Waals surface area contributed by atoms with Gasteiger partial charge in [0.25, 0.3) is 0 Å². The van der Waals surface area contributed by atoms with Gasteiger partial charge in [-0.25, -0.2) is 4.98 Å². The minimum absolute atomic E-state index is 0.638. The van der Waals surface area contributed by atoms with Crippen LogP contribution >= 0.6 is 22.7 Å². The van der Waals surface area contributed by atoms with E-state index in [0.717, 1.165) is 23.1 Å². The van der Waals surface area contributed by atoms with Gasteiger partial charge in [-0.2, -0.15) is 0 Å². The third kappa shape index (κ3) is 2.88. The van der Waals surface area contributed by atoms with E-state index in [1.807, 2.05) is 6.20 Å². The largest absolute Gasteiger partial charge is 0.438 e. The second-order valence-corrected chi connectivity index (χ2v) is 6.93. The molecule has 0 saturated heterocycles. The van der Waals surface area contributed by atoms with Crippen molar-refractivity contribution in [1.29, 1.82) is 0 Å².